The van der Waals surface area contributed by atoms with Gasteiger partial charge in [0.25, 0.3) is 0 Å². The standard InChI is InChI=1S/C17H19ClN4O2/c1-21-8-10-22(11-9-21)17(20-23)13-2-7-16(19-12-13)24-15-5-3-14(18)4-6-15/h2-7,12,23H,8-11H2,1H3/b20-17-. The predicted octanol–water partition coefficient (Wildman–Crippen LogP) is 2.91. The normalized spacial score (nSPS) is 16.2. The van der Waals surface area contributed by atoms with Gasteiger partial charge in [-0.15, -0.1) is 0 Å². The number of likely N-dealkylation sites (N-methyl/N-ethyl adjacent to an activating group) is 1. The minimum atomic E-state index is 0.469. The molecule has 0 amide bonds. The van der Waals surface area contributed by atoms with Crippen LogP contribution in [0.4, 0.5) is 0 Å². The highest BCUT2D eigenvalue weighted by molar-refractivity contribution is 6.30. The molecule has 0 saturated carbocycles. The van der Waals surface area contributed by atoms with E-state index in [0.29, 0.717) is 22.5 Å². The minimum absolute atomic E-state index is 0.469. The lowest BCUT2D eigenvalue weighted by molar-refractivity contribution is 0.208. The molecule has 2 aromatic rings. The average molecular weight is 347 g/mol. The van der Waals surface area contributed by atoms with E-state index in [2.05, 4.69) is 27.0 Å². The Bertz CT molecular complexity index is 696. The third-order valence-corrected chi connectivity index (χ3v) is 4.18. The number of piperazine rings is 1. The largest absolute Gasteiger partial charge is 0.439 e. The van der Waals surface area contributed by atoms with Gasteiger partial charge < -0.3 is 19.7 Å². The number of halogens is 1. The fraction of sp³-hybridized carbons (Fsp3) is 0.294. The highest BCUT2D eigenvalue weighted by atomic mass is 35.5. The molecule has 1 saturated heterocycles. The van der Waals surface area contributed by atoms with Crippen LogP contribution in [-0.4, -0.2) is 59.1 Å². The van der Waals surface area contributed by atoms with Gasteiger partial charge in [0.05, 0.1) is 0 Å². The number of pyridine rings is 1. The van der Waals surface area contributed by atoms with E-state index in [1.54, 1.807) is 36.5 Å². The quantitative estimate of drug-likeness (QED) is 0.401. The lowest BCUT2D eigenvalue weighted by atomic mass is 10.2. The summed E-state index contributed by atoms with van der Waals surface area (Å²) in [6, 6.07) is 10.7. The van der Waals surface area contributed by atoms with Gasteiger partial charge >= 0.3 is 0 Å². The number of amidine groups is 1. The van der Waals surface area contributed by atoms with Crippen LogP contribution in [0.1, 0.15) is 5.56 Å². The van der Waals surface area contributed by atoms with Crippen LogP contribution < -0.4 is 4.74 Å². The van der Waals surface area contributed by atoms with E-state index in [-0.39, 0.29) is 0 Å². The lowest BCUT2D eigenvalue weighted by Crippen LogP contribution is -2.47. The van der Waals surface area contributed by atoms with Gasteiger partial charge in [0.15, 0.2) is 5.84 Å². The van der Waals surface area contributed by atoms with Crippen LogP contribution in [0.3, 0.4) is 0 Å². The van der Waals surface area contributed by atoms with E-state index in [9.17, 15) is 5.21 Å². The fourth-order valence-corrected chi connectivity index (χ4v) is 2.64. The molecule has 1 aromatic carbocycles. The molecule has 0 atom stereocenters. The molecule has 0 bridgehead atoms. The summed E-state index contributed by atoms with van der Waals surface area (Å²) >= 11 is 5.85. The Morgan fingerprint density at radius 2 is 1.83 bits per heavy atom. The van der Waals surface area contributed by atoms with E-state index >= 15 is 0 Å². The summed E-state index contributed by atoms with van der Waals surface area (Å²) in [6.45, 7) is 3.51. The molecule has 1 fully saturated rings. The molecule has 1 aliphatic heterocycles. The topological polar surface area (TPSA) is 61.2 Å². The predicted molar refractivity (Wildman–Crippen MR) is 93.2 cm³/mol. The van der Waals surface area contributed by atoms with E-state index in [4.69, 9.17) is 16.3 Å². The van der Waals surface area contributed by atoms with E-state index in [0.717, 1.165) is 31.7 Å². The first-order valence-corrected chi connectivity index (χ1v) is 8.09. The number of rotatable bonds is 3. The molecule has 6 nitrogen and oxygen atoms in total. The summed E-state index contributed by atoms with van der Waals surface area (Å²) in [7, 11) is 2.08. The first-order valence-electron chi connectivity index (χ1n) is 7.71. The zero-order valence-corrected chi connectivity index (χ0v) is 14.1. The zero-order chi connectivity index (χ0) is 16.9. The number of ether oxygens (including phenoxy) is 1. The number of benzene rings is 1. The molecule has 0 unspecified atom stereocenters. The van der Waals surface area contributed by atoms with Crippen molar-refractivity contribution in [1.82, 2.24) is 14.8 Å². The van der Waals surface area contributed by atoms with Crippen molar-refractivity contribution in [3.05, 3.63) is 53.2 Å². The number of hydrogen-bond acceptors (Lipinski definition) is 5. The van der Waals surface area contributed by atoms with Gasteiger partial charge in [-0.3, -0.25) is 0 Å². The third kappa shape index (κ3) is 3.96. The lowest BCUT2D eigenvalue weighted by Gasteiger charge is -2.33. The molecule has 1 N–H and O–H groups in total. The van der Waals surface area contributed by atoms with Crippen LogP contribution >= 0.6 is 11.6 Å². The zero-order valence-electron chi connectivity index (χ0n) is 13.4. The van der Waals surface area contributed by atoms with E-state index < -0.39 is 0 Å². The summed E-state index contributed by atoms with van der Waals surface area (Å²) in [6.07, 6.45) is 1.65. The van der Waals surface area contributed by atoms with Gasteiger partial charge in [-0.1, -0.05) is 16.8 Å². The first-order chi connectivity index (χ1) is 11.7. The maximum absolute atomic E-state index is 9.39. The number of nitrogens with zero attached hydrogens (tertiary/aromatic N) is 4. The fourth-order valence-electron chi connectivity index (χ4n) is 2.52. The van der Waals surface area contributed by atoms with Crippen LogP contribution in [0.15, 0.2) is 47.8 Å². The van der Waals surface area contributed by atoms with Crippen LogP contribution in [0.5, 0.6) is 11.6 Å². The Kier molecular flexibility index (Phi) is 5.17. The van der Waals surface area contributed by atoms with E-state index in [1.165, 1.54) is 0 Å². The van der Waals surface area contributed by atoms with Crippen molar-refractivity contribution >= 4 is 17.4 Å². The molecule has 3 rings (SSSR count). The van der Waals surface area contributed by atoms with Gasteiger partial charge in [-0.2, -0.15) is 0 Å². The highest BCUT2D eigenvalue weighted by Crippen LogP contribution is 2.22. The van der Waals surface area contributed by atoms with Crippen molar-refractivity contribution < 1.29 is 9.94 Å². The van der Waals surface area contributed by atoms with Crippen molar-refractivity contribution in [2.45, 2.75) is 0 Å². The van der Waals surface area contributed by atoms with Crippen molar-refractivity contribution in [1.29, 1.82) is 0 Å². The monoisotopic (exact) mass is 346 g/mol. The molecule has 0 aliphatic carbocycles. The number of aromatic nitrogens is 1. The van der Waals surface area contributed by atoms with Gasteiger partial charge in [-0.25, -0.2) is 4.98 Å². The Hall–Kier alpha value is -2.31. The van der Waals surface area contributed by atoms with Gasteiger partial charge in [-0.05, 0) is 37.4 Å². The first kappa shape index (κ1) is 16.5. The molecule has 0 radical (unpaired) electrons. The highest BCUT2D eigenvalue weighted by Gasteiger charge is 2.19. The van der Waals surface area contributed by atoms with Gasteiger partial charge in [0.2, 0.25) is 5.88 Å². The minimum Gasteiger partial charge on any atom is -0.439 e. The smallest absolute Gasteiger partial charge is 0.219 e. The van der Waals surface area contributed by atoms with E-state index in [1.807, 2.05) is 6.07 Å². The molecule has 24 heavy (non-hydrogen) atoms. The molecule has 1 aliphatic rings. The molecular weight excluding hydrogens is 328 g/mol. The summed E-state index contributed by atoms with van der Waals surface area (Å²) < 4.78 is 5.67. The Morgan fingerprint density at radius 3 is 2.42 bits per heavy atom. The Labute approximate surface area is 145 Å². The van der Waals surface area contributed by atoms with Gasteiger partial charge in [0.1, 0.15) is 5.75 Å². The maximum atomic E-state index is 9.39. The number of hydrogen-bond donors (Lipinski definition) is 1. The third-order valence-electron chi connectivity index (χ3n) is 3.93. The van der Waals surface area contributed by atoms with Crippen molar-refractivity contribution in [3.8, 4) is 11.6 Å². The SMILES string of the molecule is CN1CCN(/C(=N\O)c2ccc(Oc3ccc(Cl)cc3)nc2)CC1. The second-order valence-corrected chi connectivity index (χ2v) is 6.09. The Morgan fingerprint density at radius 1 is 1.12 bits per heavy atom. The molecule has 2 heterocycles. The number of oxime groups is 1. The maximum Gasteiger partial charge on any atom is 0.219 e. The molecule has 126 valence electrons. The summed E-state index contributed by atoms with van der Waals surface area (Å²) in [5.41, 5.74) is 0.755. The summed E-state index contributed by atoms with van der Waals surface area (Å²) in [5.74, 6) is 1.67. The Balaban J connectivity index is 1.69. The molecule has 1 aromatic heterocycles. The molecule has 0 spiro atoms. The van der Waals surface area contributed by atoms with Crippen molar-refractivity contribution in [3.63, 3.8) is 0 Å². The molecule has 7 heteroatoms. The summed E-state index contributed by atoms with van der Waals surface area (Å²) in [5, 5.41) is 13.5. The van der Waals surface area contributed by atoms with Crippen LogP contribution in [0.2, 0.25) is 5.02 Å². The second kappa shape index (κ2) is 7.51. The second-order valence-electron chi connectivity index (χ2n) is 5.66. The van der Waals surface area contributed by atoms with Gasteiger partial charge in [0, 0.05) is 49.0 Å². The average Bonchev–Trinajstić information content (AvgIpc) is 2.61. The van der Waals surface area contributed by atoms with Crippen LogP contribution in [-0.2, 0) is 0 Å². The van der Waals surface area contributed by atoms with Crippen molar-refractivity contribution in [2.75, 3.05) is 33.2 Å². The van der Waals surface area contributed by atoms with Crippen LogP contribution in [0, 0.1) is 0 Å². The van der Waals surface area contributed by atoms with Crippen molar-refractivity contribution in [2.24, 2.45) is 5.16 Å². The molecular formula is C17H19ClN4O2. The van der Waals surface area contributed by atoms with Crippen LogP contribution in [0.25, 0.3) is 0 Å². The summed E-state index contributed by atoms with van der Waals surface area (Å²) in [4.78, 5) is 8.59.